The normalized spacial score (nSPS) is 12.9. The number of rotatable bonds is 8. The van der Waals surface area contributed by atoms with Crippen LogP contribution in [0.3, 0.4) is 0 Å². The monoisotopic (exact) mass is 351 g/mol. The van der Waals surface area contributed by atoms with E-state index in [1.165, 1.54) is 0 Å². The van der Waals surface area contributed by atoms with Crippen LogP contribution in [0.5, 0.6) is 0 Å². The lowest BCUT2D eigenvalue weighted by atomic mass is 10.1. The molecule has 2 aromatic rings. The highest BCUT2D eigenvalue weighted by Crippen LogP contribution is 2.20. The molecule has 1 heterocycles. The molecule has 130 valence electrons. The summed E-state index contributed by atoms with van der Waals surface area (Å²) < 4.78 is 23.6. The van der Waals surface area contributed by atoms with Gasteiger partial charge >= 0.3 is 0 Å². The molecule has 9 heteroatoms. The van der Waals surface area contributed by atoms with Crippen molar-refractivity contribution in [2.75, 3.05) is 11.9 Å². The van der Waals surface area contributed by atoms with Crippen molar-refractivity contribution in [3.63, 3.8) is 0 Å². The first-order valence-electron chi connectivity index (χ1n) is 7.54. The van der Waals surface area contributed by atoms with Crippen LogP contribution in [0, 0.1) is 0 Å². The number of carbonyl (C=O) groups excluding carboxylic acids is 1. The molecule has 1 amide bonds. The maximum atomic E-state index is 12.2. The Morgan fingerprint density at radius 1 is 1.21 bits per heavy atom. The minimum Gasteiger partial charge on any atom is -0.323 e. The van der Waals surface area contributed by atoms with E-state index in [1.807, 2.05) is 24.3 Å². The number of pyridine rings is 1. The molecule has 2 rings (SSSR count). The number of fused-ring (bicyclic) bond motifs is 1. The van der Waals surface area contributed by atoms with Gasteiger partial charge in [0.25, 0.3) is 10.2 Å². The van der Waals surface area contributed by atoms with Gasteiger partial charge in [0.05, 0.1) is 17.2 Å². The number of nitrogens with zero attached hydrogens (tertiary/aromatic N) is 1. The van der Waals surface area contributed by atoms with Gasteiger partial charge in [-0.2, -0.15) is 8.42 Å². The Bertz CT molecular complexity index is 804. The third-order valence-electron chi connectivity index (χ3n) is 3.47. The molecule has 0 saturated heterocycles. The highest BCUT2D eigenvalue weighted by Gasteiger charge is 2.14. The van der Waals surface area contributed by atoms with Gasteiger partial charge in [-0.3, -0.25) is 9.78 Å². The van der Waals surface area contributed by atoms with Gasteiger partial charge < -0.3 is 11.1 Å². The Labute approximate surface area is 140 Å². The zero-order chi connectivity index (χ0) is 17.6. The molecule has 1 aromatic carbocycles. The van der Waals surface area contributed by atoms with Gasteiger partial charge in [0.15, 0.2) is 0 Å². The number of hydrogen-bond acceptors (Lipinski definition) is 5. The zero-order valence-corrected chi connectivity index (χ0v) is 13.9. The van der Waals surface area contributed by atoms with Crippen LogP contribution in [0.1, 0.15) is 19.3 Å². The number of unbranched alkanes of at least 4 members (excludes halogenated alkanes) is 1. The molecule has 0 spiro atoms. The Kier molecular flexibility index (Phi) is 6.21. The zero-order valence-electron chi connectivity index (χ0n) is 13.1. The average Bonchev–Trinajstić information content (AvgIpc) is 2.53. The summed E-state index contributed by atoms with van der Waals surface area (Å²) in [5.74, 6) is -0.299. The maximum absolute atomic E-state index is 12.2. The van der Waals surface area contributed by atoms with Crippen LogP contribution in [0.4, 0.5) is 5.69 Å². The second-order valence-electron chi connectivity index (χ2n) is 5.41. The van der Waals surface area contributed by atoms with Gasteiger partial charge in [-0.05, 0) is 25.0 Å². The highest BCUT2D eigenvalue weighted by atomic mass is 32.2. The Hall–Kier alpha value is -2.07. The van der Waals surface area contributed by atoms with E-state index in [4.69, 9.17) is 10.9 Å². The third kappa shape index (κ3) is 5.53. The fourth-order valence-corrected chi connectivity index (χ4v) is 2.69. The first-order chi connectivity index (χ1) is 11.4. The van der Waals surface area contributed by atoms with E-state index in [0.29, 0.717) is 30.5 Å². The van der Waals surface area contributed by atoms with Crippen molar-refractivity contribution in [3.8, 4) is 0 Å². The predicted octanol–water partition coefficient (Wildman–Crippen LogP) is 0.464. The largest absolute Gasteiger partial charge is 0.323 e. The van der Waals surface area contributed by atoms with Crippen LogP contribution in [0.15, 0.2) is 36.5 Å². The van der Waals surface area contributed by atoms with Crippen LogP contribution in [-0.4, -0.2) is 31.9 Å². The minimum absolute atomic E-state index is 0.223. The molecule has 1 atom stereocenters. The number of hydrogen-bond donors (Lipinski definition) is 4. The summed E-state index contributed by atoms with van der Waals surface area (Å²) in [6.45, 7) is 0.223. The number of para-hydroxylation sites is 1. The number of amides is 1. The molecule has 8 nitrogen and oxygen atoms in total. The second kappa shape index (κ2) is 8.15. The summed E-state index contributed by atoms with van der Waals surface area (Å²) in [5.41, 5.74) is 7.20. The number of anilines is 1. The second-order valence-corrected chi connectivity index (χ2v) is 6.79. The topological polar surface area (TPSA) is 140 Å². The Balaban J connectivity index is 1.85. The van der Waals surface area contributed by atoms with Crippen molar-refractivity contribution >= 4 is 32.7 Å². The van der Waals surface area contributed by atoms with Gasteiger partial charge in [0.2, 0.25) is 5.91 Å². The fraction of sp³-hybridized carbons (Fsp3) is 0.333. The van der Waals surface area contributed by atoms with Crippen molar-refractivity contribution in [3.05, 3.63) is 36.5 Å². The quantitative estimate of drug-likeness (QED) is 0.512. The van der Waals surface area contributed by atoms with Crippen LogP contribution >= 0.6 is 0 Å². The summed E-state index contributed by atoms with van der Waals surface area (Å²) >= 11 is 0. The Morgan fingerprint density at radius 2 is 1.96 bits per heavy atom. The number of nitrogens with one attached hydrogen (secondary N) is 2. The van der Waals surface area contributed by atoms with Crippen LogP contribution in [0.2, 0.25) is 0 Å². The molecule has 0 fully saturated rings. The molecule has 0 aliphatic heterocycles. The summed E-state index contributed by atoms with van der Waals surface area (Å²) in [6, 6.07) is 8.58. The van der Waals surface area contributed by atoms with Crippen molar-refractivity contribution < 1.29 is 13.2 Å². The first-order valence-corrected chi connectivity index (χ1v) is 9.09. The molecular weight excluding hydrogens is 330 g/mol. The molecule has 0 aliphatic rings. The SMILES string of the molecule is N[C@@H](CCCCNS(N)(=O)=O)C(=O)Nc1cccc2cccnc12. The molecule has 0 unspecified atom stereocenters. The van der Waals surface area contributed by atoms with E-state index in [-0.39, 0.29) is 12.5 Å². The molecule has 0 radical (unpaired) electrons. The lowest BCUT2D eigenvalue weighted by molar-refractivity contribution is -0.117. The summed E-state index contributed by atoms with van der Waals surface area (Å²) in [4.78, 5) is 16.5. The smallest absolute Gasteiger partial charge is 0.274 e. The molecule has 0 aliphatic carbocycles. The highest BCUT2D eigenvalue weighted by molar-refractivity contribution is 7.87. The molecule has 24 heavy (non-hydrogen) atoms. The predicted molar refractivity (Wildman–Crippen MR) is 93.3 cm³/mol. The molecule has 6 N–H and O–H groups in total. The van der Waals surface area contributed by atoms with Crippen LogP contribution in [-0.2, 0) is 15.0 Å². The van der Waals surface area contributed by atoms with Crippen LogP contribution < -0.4 is 20.9 Å². The van der Waals surface area contributed by atoms with Gasteiger partial charge in [0, 0.05) is 18.1 Å². The lowest BCUT2D eigenvalue weighted by Crippen LogP contribution is -2.36. The molecule has 0 saturated carbocycles. The number of benzene rings is 1. The van der Waals surface area contributed by atoms with E-state index >= 15 is 0 Å². The fourth-order valence-electron chi connectivity index (χ4n) is 2.27. The van der Waals surface area contributed by atoms with Gasteiger partial charge in [0.1, 0.15) is 0 Å². The van der Waals surface area contributed by atoms with Gasteiger partial charge in [-0.15, -0.1) is 0 Å². The van der Waals surface area contributed by atoms with E-state index in [0.717, 1.165) is 5.39 Å². The first kappa shape index (κ1) is 18.3. The number of carbonyl (C=O) groups is 1. The standard InChI is InChI=1S/C15H21N5O3S/c16-12(7-1-2-10-19-24(17,22)23)15(21)20-13-8-3-5-11-6-4-9-18-14(11)13/h3-6,8-9,12,19H,1-2,7,10,16H2,(H,20,21)(H2,17,22,23)/t12-/m0/s1. The summed E-state index contributed by atoms with van der Waals surface area (Å²) in [6.07, 6.45) is 3.25. The molecular formula is C15H21N5O3S. The van der Waals surface area contributed by atoms with E-state index in [2.05, 4.69) is 15.0 Å². The van der Waals surface area contributed by atoms with Crippen molar-refractivity contribution in [1.29, 1.82) is 0 Å². The van der Waals surface area contributed by atoms with E-state index in [9.17, 15) is 13.2 Å². The van der Waals surface area contributed by atoms with Crippen molar-refractivity contribution in [1.82, 2.24) is 9.71 Å². The maximum Gasteiger partial charge on any atom is 0.274 e. The van der Waals surface area contributed by atoms with E-state index < -0.39 is 16.3 Å². The number of aromatic nitrogens is 1. The van der Waals surface area contributed by atoms with Gasteiger partial charge in [-0.1, -0.05) is 24.6 Å². The summed E-state index contributed by atoms with van der Waals surface area (Å²) in [5, 5.41) is 8.54. The van der Waals surface area contributed by atoms with E-state index in [1.54, 1.807) is 12.3 Å². The Morgan fingerprint density at radius 3 is 2.71 bits per heavy atom. The summed E-state index contributed by atoms with van der Waals surface area (Å²) in [7, 11) is -3.67. The average molecular weight is 351 g/mol. The third-order valence-corrected chi connectivity index (χ3v) is 4.08. The van der Waals surface area contributed by atoms with Crippen LogP contribution in [0.25, 0.3) is 10.9 Å². The van der Waals surface area contributed by atoms with Crippen molar-refractivity contribution in [2.24, 2.45) is 10.9 Å². The van der Waals surface area contributed by atoms with Crippen molar-refractivity contribution in [2.45, 2.75) is 25.3 Å². The molecule has 1 aromatic heterocycles. The number of nitrogens with two attached hydrogens (primary N) is 2. The minimum atomic E-state index is -3.67. The lowest BCUT2D eigenvalue weighted by Gasteiger charge is -2.13. The van der Waals surface area contributed by atoms with Gasteiger partial charge in [-0.25, -0.2) is 9.86 Å². The molecule has 0 bridgehead atoms.